The normalized spacial score (nSPS) is 10.8. The molecule has 0 aliphatic carbocycles. The van der Waals surface area contributed by atoms with Gasteiger partial charge in [0.05, 0.1) is 5.52 Å². The molecule has 0 fully saturated rings. The van der Waals surface area contributed by atoms with E-state index in [0.717, 1.165) is 22.0 Å². The van der Waals surface area contributed by atoms with E-state index in [1.54, 1.807) is 30.5 Å². The predicted molar refractivity (Wildman–Crippen MR) is 102 cm³/mol. The van der Waals surface area contributed by atoms with E-state index in [4.69, 9.17) is 11.6 Å². The number of pyridine rings is 1. The van der Waals surface area contributed by atoms with Gasteiger partial charge in [-0.15, -0.1) is 0 Å². The number of carbonyl (C=O) groups excluding carboxylic acids is 1. The number of fused-ring (bicyclic) bond motifs is 1. The third-order valence-electron chi connectivity index (χ3n) is 4.19. The molecule has 25 heavy (non-hydrogen) atoms. The maximum atomic E-state index is 12.8. The number of aromatic nitrogens is 1. The minimum Gasteiger partial charge on any atom is -0.289 e. The Bertz CT molecular complexity index is 1060. The number of hydrogen-bond donors (Lipinski definition) is 0. The molecule has 0 atom stereocenters. The molecule has 0 radical (unpaired) electrons. The van der Waals surface area contributed by atoms with Crippen LogP contribution >= 0.6 is 11.6 Å². The van der Waals surface area contributed by atoms with E-state index in [1.807, 2.05) is 42.5 Å². The van der Waals surface area contributed by atoms with Crippen LogP contribution < -0.4 is 0 Å². The number of carbonyl (C=O) groups is 1. The van der Waals surface area contributed by atoms with Gasteiger partial charge in [0, 0.05) is 27.7 Å². The molecular formula is C22H14ClNO. The summed E-state index contributed by atoms with van der Waals surface area (Å²) in [6, 6.07) is 24.7. The molecule has 1 aromatic heterocycles. The minimum absolute atomic E-state index is 0.0265. The van der Waals surface area contributed by atoms with Crippen molar-refractivity contribution in [2.75, 3.05) is 0 Å². The van der Waals surface area contributed by atoms with Gasteiger partial charge in [-0.05, 0) is 59.7 Å². The Morgan fingerprint density at radius 3 is 2.28 bits per heavy atom. The molecule has 3 aromatic carbocycles. The molecule has 4 rings (SSSR count). The van der Waals surface area contributed by atoms with Crippen molar-refractivity contribution >= 4 is 28.3 Å². The van der Waals surface area contributed by atoms with Crippen LogP contribution in [-0.2, 0) is 0 Å². The molecule has 0 aliphatic rings. The quantitative estimate of drug-likeness (QED) is 0.441. The van der Waals surface area contributed by atoms with Crippen LogP contribution in [0.25, 0.3) is 22.0 Å². The Hall–Kier alpha value is -2.97. The Morgan fingerprint density at radius 2 is 1.52 bits per heavy atom. The number of rotatable bonds is 3. The number of hydrogen-bond acceptors (Lipinski definition) is 2. The highest BCUT2D eigenvalue weighted by Gasteiger charge is 2.12. The molecule has 0 spiro atoms. The fourth-order valence-corrected chi connectivity index (χ4v) is 3.05. The van der Waals surface area contributed by atoms with Gasteiger partial charge in [0.2, 0.25) is 0 Å². The summed E-state index contributed by atoms with van der Waals surface area (Å²) in [5, 5.41) is 1.58. The highest BCUT2D eigenvalue weighted by atomic mass is 35.5. The zero-order valence-corrected chi connectivity index (χ0v) is 14.1. The van der Waals surface area contributed by atoms with Crippen molar-refractivity contribution in [2.24, 2.45) is 0 Å². The number of ketones is 1. The van der Waals surface area contributed by atoms with Crippen molar-refractivity contribution in [3.63, 3.8) is 0 Å². The molecule has 0 saturated heterocycles. The Balaban J connectivity index is 1.84. The van der Waals surface area contributed by atoms with Crippen molar-refractivity contribution in [1.29, 1.82) is 0 Å². The van der Waals surface area contributed by atoms with E-state index in [-0.39, 0.29) is 5.78 Å². The van der Waals surface area contributed by atoms with Crippen LogP contribution in [0.3, 0.4) is 0 Å². The van der Waals surface area contributed by atoms with Crippen LogP contribution in [0.1, 0.15) is 15.9 Å². The number of halogens is 1. The minimum atomic E-state index is -0.0265. The van der Waals surface area contributed by atoms with Crippen LogP contribution in [0.5, 0.6) is 0 Å². The summed E-state index contributed by atoms with van der Waals surface area (Å²) in [4.78, 5) is 17.2. The second-order valence-electron chi connectivity index (χ2n) is 5.79. The van der Waals surface area contributed by atoms with Gasteiger partial charge in [-0.25, -0.2) is 0 Å². The summed E-state index contributed by atoms with van der Waals surface area (Å²) >= 11 is 5.91. The second kappa shape index (κ2) is 6.50. The first kappa shape index (κ1) is 15.6. The van der Waals surface area contributed by atoms with Gasteiger partial charge >= 0.3 is 0 Å². The summed E-state index contributed by atoms with van der Waals surface area (Å²) in [6.45, 7) is 0. The summed E-state index contributed by atoms with van der Waals surface area (Å²) in [7, 11) is 0. The van der Waals surface area contributed by atoms with Crippen molar-refractivity contribution in [2.45, 2.75) is 0 Å². The van der Waals surface area contributed by atoms with Gasteiger partial charge < -0.3 is 0 Å². The van der Waals surface area contributed by atoms with Crippen molar-refractivity contribution in [3.05, 3.63) is 101 Å². The van der Waals surface area contributed by atoms with Crippen molar-refractivity contribution in [1.82, 2.24) is 4.98 Å². The van der Waals surface area contributed by atoms with E-state index in [0.29, 0.717) is 16.1 Å². The lowest BCUT2D eigenvalue weighted by atomic mass is 9.97. The van der Waals surface area contributed by atoms with Gasteiger partial charge in [0.25, 0.3) is 0 Å². The molecule has 2 nitrogen and oxygen atoms in total. The van der Waals surface area contributed by atoms with E-state index < -0.39 is 0 Å². The zero-order chi connectivity index (χ0) is 17.2. The Kier molecular flexibility index (Phi) is 4.04. The average molecular weight is 344 g/mol. The molecular weight excluding hydrogens is 330 g/mol. The molecule has 0 amide bonds. The van der Waals surface area contributed by atoms with Gasteiger partial charge in [0.15, 0.2) is 5.78 Å². The van der Waals surface area contributed by atoms with Crippen LogP contribution in [0.2, 0.25) is 5.02 Å². The monoisotopic (exact) mass is 343 g/mol. The molecule has 3 heteroatoms. The highest BCUT2D eigenvalue weighted by Crippen LogP contribution is 2.28. The smallest absolute Gasteiger partial charge is 0.193 e. The van der Waals surface area contributed by atoms with E-state index >= 15 is 0 Å². The van der Waals surface area contributed by atoms with E-state index in [9.17, 15) is 4.79 Å². The Labute approximate surface area is 150 Å². The molecule has 0 N–H and O–H groups in total. The molecule has 120 valence electrons. The zero-order valence-electron chi connectivity index (χ0n) is 13.3. The van der Waals surface area contributed by atoms with Crippen LogP contribution in [0.15, 0.2) is 85.1 Å². The molecule has 0 unspecified atom stereocenters. The Morgan fingerprint density at radius 1 is 0.800 bits per heavy atom. The lowest BCUT2D eigenvalue weighted by molar-refractivity contribution is 0.103. The SMILES string of the molecule is O=C(c1ccc(Cl)cc1)c1ccc2nccc(-c3ccccc3)c2c1. The van der Waals surface area contributed by atoms with Crippen molar-refractivity contribution < 1.29 is 4.79 Å². The number of benzene rings is 3. The van der Waals surface area contributed by atoms with Gasteiger partial charge in [-0.3, -0.25) is 9.78 Å². The predicted octanol–water partition coefficient (Wildman–Crippen LogP) is 5.79. The van der Waals surface area contributed by atoms with Crippen LogP contribution in [0.4, 0.5) is 0 Å². The van der Waals surface area contributed by atoms with Gasteiger partial charge in [-0.1, -0.05) is 41.9 Å². The fourth-order valence-electron chi connectivity index (χ4n) is 2.92. The highest BCUT2D eigenvalue weighted by molar-refractivity contribution is 6.30. The van der Waals surface area contributed by atoms with Gasteiger partial charge in [-0.2, -0.15) is 0 Å². The molecule has 0 aliphatic heterocycles. The third kappa shape index (κ3) is 3.04. The lowest BCUT2D eigenvalue weighted by Crippen LogP contribution is -2.01. The molecule has 1 heterocycles. The maximum absolute atomic E-state index is 12.8. The topological polar surface area (TPSA) is 30.0 Å². The first-order valence-corrected chi connectivity index (χ1v) is 8.34. The summed E-state index contributed by atoms with van der Waals surface area (Å²) < 4.78 is 0. The van der Waals surface area contributed by atoms with Crippen LogP contribution in [0, 0.1) is 0 Å². The molecule has 0 saturated carbocycles. The van der Waals surface area contributed by atoms with Crippen LogP contribution in [-0.4, -0.2) is 10.8 Å². The largest absolute Gasteiger partial charge is 0.289 e. The average Bonchev–Trinajstić information content (AvgIpc) is 2.68. The lowest BCUT2D eigenvalue weighted by Gasteiger charge is -2.08. The third-order valence-corrected chi connectivity index (χ3v) is 4.45. The summed E-state index contributed by atoms with van der Waals surface area (Å²) in [5.74, 6) is -0.0265. The van der Waals surface area contributed by atoms with Crippen molar-refractivity contribution in [3.8, 4) is 11.1 Å². The molecule has 4 aromatic rings. The molecule has 0 bridgehead atoms. The van der Waals surface area contributed by atoms with Gasteiger partial charge in [0.1, 0.15) is 0 Å². The first-order valence-electron chi connectivity index (χ1n) is 7.97. The standard InChI is InChI=1S/C22H14ClNO/c23-18-9-6-16(7-10-18)22(25)17-8-11-21-20(14-17)19(12-13-24-21)15-4-2-1-3-5-15/h1-14H. The first-order chi connectivity index (χ1) is 12.2. The summed E-state index contributed by atoms with van der Waals surface area (Å²) in [5.41, 5.74) is 4.30. The number of nitrogens with zero attached hydrogens (tertiary/aromatic N) is 1. The van der Waals surface area contributed by atoms with E-state index in [2.05, 4.69) is 17.1 Å². The maximum Gasteiger partial charge on any atom is 0.193 e. The fraction of sp³-hybridized carbons (Fsp3) is 0. The van der Waals surface area contributed by atoms with E-state index in [1.165, 1.54) is 0 Å². The summed E-state index contributed by atoms with van der Waals surface area (Å²) in [6.07, 6.45) is 1.80. The second-order valence-corrected chi connectivity index (χ2v) is 6.23.